The first kappa shape index (κ1) is 19.9. The molecule has 3 heterocycles. The third-order valence-electron chi connectivity index (χ3n) is 7.91. The van der Waals surface area contributed by atoms with Gasteiger partial charge in [-0.25, -0.2) is 0 Å². The number of methoxy groups -OCH3 is 1. The highest BCUT2D eigenvalue weighted by Gasteiger charge is 2.53. The predicted molar refractivity (Wildman–Crippen MR) is 116 cm³/mol. The summed E-state index contributed by atoms with van der Waals surface area (Å²) in [4.78, 5) is 21.0. The number of hydrogen-bond donors (Lipinski definition) is 2. The summed E-state index contributed by atoms with van der Waals surface area (Å²) < 4.78 is 5.38. The molecule has 1 aromatic carbocycles. The maximum atomic E-state index is 12.9. The van der Waals surface area contributed by atoms with Gasteiger partial charge in [-0.1, -0.05) is 12.8 Å². The molecule has 2 atom stereocenters. The zero-order valence-corrected chi connectivity index (χ0v) is 18.1. The van der Waals surface area contributed by atoms with Crippen LogP contribution in [0.15, 0.2) is 18.2 Å². The van der Waals surface area contributed by atoms with Crippen molar-refractivity contribution in [1.82, 2.24) is 14.8 Å². The lowest BCUT2D eigenvalue weighted by atomic mass is 9.82. The van der Waals surface area contributed by atoms with E-state index < -0.39 is 0 Å². The van der Waals surface area contributed by atoms with E-state index in [-0.39, 0.29) is 17.9 Å². The van der Waals surface area contributed by atoms with Crippen molar-refractivity contribution < 1.29 is 14.6 Å². The number of aliphatic hydroxyl groups excluding tert-OH is 1. The third-order valence-corrected chi connectivity index (χ3v) is 7.91. The van der Waals surface area contributed by atoms with Crippen molar-refractivity contribution in [2.24, 2.45) is 17.3 Å². The second-order valence-corrected chi connectivity index (χ2v) is 9.73. The molecule has 1 saturated carbocycles. The highest BCUT2D eigenvalue weighted by Crippen LogP contribution is 2.44. The second-order valence-electron chi connectivity index (χ2n) is 9.73. The number of hydrogen-bond acceptors (Lipinski definition) is 4. The summed E-state index contributed by atoms with van der Waals surface area (Å²) in [6.07, 6.45) is 4.45. The van der Waals surface area contributed by atoms with Crippen LogP contribution in [0.2, 0.25) is 0 Å². The molecular weight excluding hydrogens is 378 g/mol. The summed E-state index contributed by atoms with van der Waals surface area (Å²) in [5.74, 6) is 1.79. The molecule has 5 rings (SSSR count). The molecule has 1 aromatic heterocycles. The number of aliphatic hydroxyl groups is 1. The number of carbonyl (C=O) groups is 1. The van der Waals surface area contributed by atoms with Crippen LogP contribution in [-0.2, 0) is 11.3 Å². The monoisotopic (exact) mass is 411 g/mol. The van der Waals surface area contributed by atoms with E-state index in [1.54, 1.807) is 7.11 Å². The number of amides is 1. The van der Waals surface area contributed by atoms with Crippen molar-refractivity contribution in [3.8, 4) is 5.75 Å². The number of aromatic amines is 1. The Bertz CT molecular complexity index is 949. The number of ether oxygens (including phenoxy) is 1. The van der Waals surface area contributed by atoms with Gasteiger partial charge in [-0.15, -0.1) is 0 Å². The molecule has 2 saturated heterocycles. The van der Waals surface area contributed by atoms with Gasteiger partial charge in [0, 0.05) is 60.7 Å². The van der Waals surface area contributed by atoms with E-state index in [0.717, 1.165) is 50.3 Å². The van der Waals surface area contributed by atoms with Gasteiger partial charge in [-0.3, -0.25) is 9.69 Å². The Morgan fingerprint density at radius 2 is 2.07 bits per heavy atom. The van der Waals surface area contributed by atoms with Crippen LogP contribution >= 0.6 is 0 Å². The summed E-state index contributed by atoms with van der Waals surface area (Å²) in [6.45, 7) is 6.46. The second kappa shape index (κ2) is 7.57. The summed E-state index contributed by atoms with van der Waals surface area (Å²) in [6, 6.07) is 6.15. The Labute approximate surface area is 178 Å². The molecule has 2 N–H and O–H groups in total. The third kappa shape index (κ3) is 3.21. The van der Waals surface area contributed by atoms with Crippen LogP contribution < -0.4 is 4.74 Å². The number of aryl methyl sites for hydroxylation is 1. The molecule has 162 valence electrons. The fourth-order valence-corrected chi connectivity index (χ4v) is 6.10. The van der Waals surface area contributed by atoms with Gasteiger partial charge in [0.1, 0.15) is 5.75 Å². The number of rotatable bonds is 5. The zero-order chi connectivity index (χ0) is 20.9. The van der Waals surface area contributed by atoms with Crippen molar-refractivity contribution in [2.45, 2.75) is 39.2 Å². The molecule has 6 heteroatoms. The maximum Gasteiger partial charge on any atom is 0.225 e. The molecule has 30 heavy (non-hydrogen) atoms. The lowest BCUT2D eigenvalue weighted by Crippen LogP contribution is -2.40. The van der Waals surface area contributed by atoms with E-state index in [1.807, 2.05) is 6.07 Å². The number of aromatic nitrogens is 1. The highest BCUT2D eigenvalue weighted by molar-refractivity contribution is 5.85. The minimum atomic E-state index is -0.169. The first-order valence-electron chi connectivity index (χ1n) is 11.3. The SMILES string of the molecule is COc1ccc2[nH]c(CN3C[C@H]4CN(C(=O)C5CCCC5)C[C@@]4(CO)C3)c(C)c2c1. The summed E-state index contributed by atoms with van der Waals surface area (Å²) in [5.41, 5.74) is 3.45. The molecule has 0 unspecified atom stereocenters. The van der Waals surface area contributed by atoms with Crippen molar-refractivity contribution in [1.29, 1.82) is 0 Å². The molecule has 0 spiro atoms. The molecule has 6 nitrogen and oxygen atoms in total. The maximum absolute atomic E-state index is 12.9. The Kier molecular flexibility index (Phi) is 5.02. The van der Waals surface area contributed by atoms with Gasteiger partial charge in [-0.05, 0) is 49.4 Å². The Balaban J connectivity index is 1.30. The summed E-state index contributed by atoms with van der Waals surface area (Å²) >= 11 is 0. The first-order valence-corrected chi connectivity index (χ1v) is 11.3. The fourth-order valence-electron chi connectivity index (χ4n) is 6.10. The van der Waals surface area contributed by atoms with E-state index in [1.165, 1.54) is 29.5 Å². The van der Waals surface area contributed by atoms with Crippen LogP contribution in [0.4, 0.5) is 0 Å². The number of carbonyl (C=O) groups excluding carboxylic acids is 1. The van der Waals surface area contributed by atoms with Gasteiger partial charge in [0.2, 0.25) is 5.91 Å². The van der Waals surface area contributed by atoms with Gasteiger partial charge in [0.25, 0.3) is 0 Å². The number of H-pyrrole nitrogens is 1. The molecule has 3 fully saturated rings. The van der Waals surface area contributed by atoms with E-state index in [4.69, 9.17) is 4.74 Å². The van der Waals surface area contributed by atoms with E-state index in [2.05, 4.69) is 33.8 Å². The number of nitrogens with zero attached hydrogens (tertiary/aromatic N) is 2. The fraction of sp³-hybridized carbons (Fsp3) is 0.625. The topological polar surface area (TPSA) is 68.8 Å². The van der Waals surface area contributed by atoms with Gasteiger partial charge in [0.05, 0.1) is 13.7 Å². The molecule has 0 radical (unpaired) electrons. The lowest BCUT2D eigenvalue weighted by molar-refractivity contribution is -0.135. The van der Waals surface area contributed by atoms with Crippen molar-refractivity contribution in [3.63, 3.8) is 0 Å². The normalized spacial score (nSPS) is 27.3. The van der Waals surface area contributed by atoms with Gasteiger partial charge >= 0.3 is 0 Å². The Morgan fingerprint density at radius 3 is 2.77 bits per heavy atom. The number of fused-ring (bicyclic) bond motifs is 2. The van der Waals surface area contributed by atoms with Gasteiger partial charge in [-0.2, -0.15) is 0 Å². The Morgan fingerprint density at radius 1 is 1.27 bits per heavy atom. The molecule has 3 aliphatic rings. The average molecular weight is 412 g/mol. The molecule has 2 aromatic rings. The van der Waals surface area contributed by atoms with Crippen LogP contribution in [0.1, 0.15) is 36.9 Å². The standard InChI is InChI=1S/C24H33N3O3/c1-16-20-9-19(30-2)7-8-21(20)25-22(16)12-26-10-18-11-27(14-24(18,13-26)15-28)23(29)17-5-3-4-6-17/h7-9,17-18,25,28H,3-6,10-15H2,1-2H3/t18-,24+/m0/s1. The quantitative estimate of drug-likeness (QED) is 0.794. The predicted octanol–water partition coefficient (Wildman–Crippen LogP) is 2.93. The molecule has 1 amide bonds. The smallest absolute Gasteiger partial charge is 0.225 e. The number of likely N-dealkylation sites (tertiary alicyclic amines) is 2. The minimum absolute atomic E-state index is 0.158. The van der Waals surface area contributed by atoms with Crippen LogP contribution in [0, 0.1) is 24.2 Å². The molecular formula is C24H33N3O3. The minimum Gasteiger partial charge on any atom is -0.497 e. The highest BCUT2D eigenvalue weighted by atomic mass is 16.5. The van der Waals surface area contributed by atoms with Gasteiger partial charge < -0.3 is 19.7 Å². The molecule has 2 aliphatic heterocycles. The number of nitrogens with one attached hydrogen (secondary N) is 1. The largest absolute Gasteiger partial charge is 0.497 e. The van der Waals surface area contributed by atoms with Crippen molar-refractivity contribution in [3.05, 3.63) is 29.5 Å². The van der Waals surface area contributed by atoms with Crippen molar-refractivity contribution in [2.75, 3.05) is 39.9 Å². The van der Waals surface area contributed by atoms with Gasteiger partial charge in [0.15, 0.2) is 0 Å². The first-order chi connectivity index (χ1) is 14.5. The average Bonchev–Trinajstić information content (AvgIpc) is 3.51. The lowest BCUT2D eigenvalue weighted by Gasteiger charge is -2.28. The van der Waals surface area contributed by atoms with E-state index >= 15 is 0 Å². The Hall–Kier alpha value is -2.05. The molecule has 1 aliphatic carbocycles. The number of benzene rings is 1. The van der Waals surface area contributed by atoms with Crippen molar-refractivity contribution >= 4 is 16.8 Å². The summed E-state index contributed by atoms with van der Waals surface area (Å²) in [5, 5.41) is 11.5. The summed E-state index contributed by atoms with van der Waals surface area (Å²) in [7, 11) is 1.70. The van der Waals surface area contributed by atoms with Crippen LogP contribution in [0.25, 0.3) is 10.9 Å². The van der Waals surface area contributed by atoms with E-state index in [0.29, 0.717) is 18.4 Å². The zero-order valence-electron chi connectivity index (χ0n) is 18.1. The van der Waals surface area contributed by atoms with E-state index in [9.17, 15) is 9.90 Å². The van der Waals surface area contributed by atoms with Crippen LogP contribution in [0.3, 0.4) is 0 Å². The molecule has 0 bridgehead atoms. The van der Waals surface area contributed by atoms with Crippen LogP contribution in [-0.4, -0.2) is 65.7 Å². The van der Waals surface area contributed by atoms with Crippen LogP contribution in [0.5, 0.6) is 5.75 Å².